The molecule has 170 valence electrons. The number of benzene rings is 2. The van der Waals surface area contributed by atoms with Crippen LogP contribution in [0.15, 0.2) is 51.7 Å². The van der Waals surface area contributed by atoms with Gasteiger partial charge in [-0.2, -0.15) is 0 Å². The second kappa shape index (κ2) is 11.0. The van der Waals surface area contributed by atoms with Crippen LogP contribution in [0.1, 0.15) is 26.7 Å². The minimum Gasteiger partial charge on any atom is -0.494 e. The number of carbonyl (C=O) groups is 2. The number of oxazole rings is 1. The summed E-state index contributed by atoms with van der Waals surface area (Å²) in [6.45, 7) is 4.49. The highest BCUT2D eigenvalue weighted by molar-refractivity contribution is 5.94. The maximum atomic E-state index is 12.3. The average Bonchev–Trinajstić information content (AvgIpc) is 3.09. The first-order chi connectivity index (χ1) is 15.5. The van der Waals surface area contributed by atoms with Crippen molar-refractivity contribution in [3.63, 3.8) is 0 Å². The lowest BCUT2D eigenvalue weighted by atomic mass is 10.2. The lowest BCUT2D eigenvalue weighted by Crippen LogP contribution is -2.21. The highest BCUT2D eigenvalue weighted by Gasteiger charge is 2.13. The summed E-state index contributed by atoms with van der Waals surface area (Å²) >= 11 is 0. The van der Waals surface area contributed by atoms with Gasteiger partial charge in [0.05, 0.1) is 24.4 Å². The minimum atomic E-state index is -0.533. The highest BCUT2D eigenvalue weighted by atomic mass is 16.5. The number of carbonyl (C=O) groups excluding carboxylic acids is 2. The normalized spacial score (nSPS) is 10.7. The molecule has 9 heteroatoms. The third-order valence-corrected chi connectivity index (χ3v) is 4.54. The van der Waals surface area contributed by atoms with Crippen LogP contribution in [0.3, 0.4) is 0 Å². The third-order valence-electron chi connectivity index (χ3n) is 4.54. The van der Waals surface area contributed by atoms with E-state index in [1.807, 2.05) is 19.9 Å². The van der Waals surface area contributed by atoms with E-state index in [4.69, 9.17) is 18.6 Å². The summed E-state index contributed by atoms with van der Waals surface area (Å²) in [6.07, 6.45) is 0.429. The number of ether oxygens (including phenoxy) is 3. The number of esters is 1. The fraction of sp³-hybridized carbons (Fsp3) is 0.348. The van der Waals surface area contributed by atoms with Gasteiger partial charge in [0.2, 0.25) is 0 Å². The van der Waals surface area contributed by atoms with Crippen LogP contribution < -0.4 is 20.5 Å². The maximum absolute atomic E-state index is 12.3. The Labute approximate surface area is 184 Å². The van der Waals surface area contributed by atoms with E-state index >= 15 is 0 Å². The van der Waals surface area contributed by atoms with Gasteiger partial charge in [0, 0.05) is 19.0 Å². The van der Waals surface area contributed by atoms with Crippen LogP contribution in [0, 0.1) is 0 Å². The standard InChI is InChI=1S/C23H26N2O7/c1-3-29-16-11-12-19(30-4-2)17(14-16)24-21(26)15-31-22(27)10-7-13-25-18-8-5-6-9-20(18)32-23(25)28/h5-6,8-9,11-12,14H,3-4,7,10,13,15H2,1-2H3,(H,24,26). The number of nitrogens with one attached hydrogen (secondary N) is 1. The van der Waals surface area contributed by atoms with Gasteiger partial charge >= 0.3 is 11.7 Å². The van der Waals surface area contributed by atoms with E-state index in [9.17, 15) is 14.4 Å². The predicted molar refractivity (Wildman–Crippen MR) is 118 cm³/mol. The molecule has 0 aliphatic rings. The van der Waals surface area contributed by atoms with E-state index in [0.29, 0.717) is 54.5 Å². The molecule has 2 aromatic carbocycles. The maximum Gasteiger partial charge on any atom is 0.419 e. The van der Waals surface area contributed by atoms with Gasteiger partial charge in [0.15, 0.2) is 12.2 Å². The topological polar surface area (TPSA) is 109 Å². The number of anilines is 1. The molecule has 1 amide bonds. The quantitative estimate of drug-likeness (QED) is 0.454. The number of para-hydroxylation sites is 2. The Morgan fingerprint density at radius 2 is 1.84 bits per heavy atom. The summed E-state index contributed by atoms with van der Waals surface area (Å²) in [5, 5.41) is 2.68. The van der Waals surface area contributed by atoms with E-state index in [0.717, 1.165) is 0 Å². The van der Waals surface area contributed by atoms with Crippen LogP contribution in [-0.2, 0) is 20.9 Å². The molecule has 1 N–H and O–H groups in total. The Kier molecular flexibility index (Phi) is 7.91. The largest absolute Gasteiger partial charge is 0.494 e. The van der Waals surface area contributed by atoms with Crippen molar-refractivity contribution in [1.29, 1.82) is 0 Å². The number of aryl methyl sites for hydroxylation is 1. The Hall–Kier alpha value is -3.75. The summed E-state index contributed by atoms with van der Waals surface area (Å²) in [4.78, 5) is 36.2. The zero-order valence-electron chi connectivity index (χ0n) is 18.1. The number of rotatable bonds is 11. The molecule has 0 unspecified atom stereocenters. The van der Waals surface area contributed by atoms with Crippen molar-refractivity contribution in [2.45, 2.75) is 33.2 Å². The molecule has 32 heavy (non-hydrogen) atoms. The van der Waals surface area contributed by atoms with Crippen LogP contribution >= 0.6 is 0 Å². The van der Waals surface area contributed by atoms with Gasteiger partial charge in [0.25, 0.3) is 5.91 Å². The SMILES string of the molecule is CCOc1ccc(OCC)c(NC(=O)COC(=O)CCCn2c(=O)oc3ccccc32)c1. The lowest BCUT2D eigenvalue weighted by molar-refractivity contribution is -0.147. The molecule has 1 aromatic heterocycles. The van der Waals surface area contributed by atoms with E-state index in [-0.39, 0.29) is 6.42 Å². The van der Waals surface area contributed by atoms with Crippen molar-refractivity contribution in [3.05, 3.63) is 53.0 Å². The molecule has 3 rings (SSSR count). The Balaban J connectivity index is 1.48. The van der Waals surface area contributed by atoms with E-state index < -0.39 is 24.2 Å². The molecule has 0 atom stereocenters. The van der Waals surface area contributed by atoms with E-state index in [2.05, 4.69) is 5.32 Å². The summed E-state index contributed by atoms with van der Waals surface area (Å²) in [6, 6.07) is 12.2. The zero-order valence-corrected chi connectivity index (χ0v) is 18.1. The summed E-state index contributed by atoms with van der Waals surface area (Å²) in [7, 11) is 0. The summed E-state index contributed by atoms with van der Waals surface area (Å²) in [5.41, 5.74) is 1.60. The number of hydrogen-bond donors (Lipinski definition) is 1. The number of aromatic nitrogens is 1. The van der Waals surface area contributed by atoms with Crippen LogP contribution in [0.5, 0.6) is 11.5 Å². The Morgan fingerprint density at radius 1 is 1.06 bits per heavy atom. The molecule has 1 heterocycles. The van der Waals surface area contributed by atoms with Crippen LogP contribution in [-0.4, -0.2) is 36.3 Å². The minimum absolute atomic E-state index is 0.0588. The van der Waals surface area contributed by atoms with Gasteiger partial charge in [-0.05, 0) is 44.5 Å². The van der Waals surface area contributed by atoms with Crippen molar-refractivity contribution < 1.29 is 28.2 Å². The predicted octanol–water partition coefficient (Wildman–Crippen LogP) is 3.35. The molecule has 0 fully saturated rings. The monoisotopic (exact) mass is 442 g/mol. The first-order valence-electron chi connectivity index (χ1n) is 10.4. The molecule has 0 aliphatic heterocycles. The van der Waals surface area contributed by atoms with Crippen molar-refractivity contribution in [2.75, 3.05) is 25.1 Å². The van der Waals surface area contributed by atoms with Crippen molar-refractivity contribution in [2.24, 2.45) is 0 Å². The average molecular weight is 442 g/mol. The number of amides is 1. The first kappa shape index (κ1) is 22.9. The smallest absolute Gasteiger partial charge is 0.419 e. The molecule has 0 saturated heterocycles. The van der Waals surface area contributed by atoms with Gasteiger partial charge in [-0.15, -0.1) is 0 Å². The van der Waals surface area contributed by atoms with Crippen LogP contribution in [0.25, 0.3) is 11.1 Å². The van der Waals surface area contributed by atoms with Crippen molar-refractivity contribution in [3.8, 4) is 11.5 Å². The van der Waals surface area contributed by atoms with Crippen LogP contribution in [0.2, 0.25) is 0 Å². The fourth-order valence-electron chi connectivity index (χ4n) is 3.16. The van der Waals surface area contributed by atoms with Crippen LogP contribution in [0.4, 0.5) is 5.69 Å². The molecule has 0 aliphatic carbocycles. The number of fused-ring (bicyclic) bond motifs is 1. The second-order valence-electron chi connectivity index (χ2n) is 6.82. The molecule has 9 nitrogen and oxygen atoms in total. The summed E-state index contributed by atoms with van der Waals surface area (Å²) in [5.74, 6) is -0.420. The van der Waals surface area contributed by atoms with Gasteiger partial charge in [-0.1, -0.05) is 12.1 Å². The second-order valence-corrected chi connectivity index (χ2v) is 6.82. The molecule has 0 radical (unpaired) electrons. The number of hydrogen-bond acceptors (Lipinski definition) is 7. The molecule has 3 aromatic rings. The summed E-state index contributed by atoms with van der Waals surface area (Å²) < 4.78 is 22.6. The number of nitrogens with zero attached hydrogens (tertiary/aromatic N) is 1. The molecular weight excluding hydrogens is 416 g/mol. The molecular formula is C23H26N2O7. The zero-order chi connectivity index (χ0) is 22.9. The Morgan fingerprint density at radius 3 is 2.62 bits per heavy atom. The third kappa shape index (κ3) is 5.90. The lowest BCUT2D eigenvalue weighted by Gasteiger charge is -2.13. The van der Waals surface area contributed by atoms with Gasteiger partial charge in [0.1, 0.15) is 11.5 Å². The first-order valence-corrected chi connectivity index (χ1v) is 10.4. The van der Waals surface area contributed by atoms with E-state index in [1.165, 1.54) is 4.57 Å². The van der Waals surface area contributed by atoms with Gasteiger partial charge in [-0.3, -0.25) is 14.2 Å². The molecule has 0 saturated carbocycles. The van der Waals surface area contributed by atoms with Gasteiger partial charge < -0.3 is 23.9 Å². The van der Waals surface area contributed by atoms with Crippen molar-refractivity contribution in [1.82, 2.24) is 4.57 Å². The highest BCUT2D eigenvalue weighted by Crippen LogP contribution is 2.29. The fourth-order valence-corrected chi connectivity index (χ4v) is 3.16. The molecule has 0 bridgehead atoms. The van der Waals surface area contributed by atoms with E-state index in [1.54, 1.807) is 36.4 Å². The Bertz CT molecular complexity index is 1130. The van der Waals surface area contributed by atoms with Gasteiger partial charge in [-0.25, -0.2) is 4.79 Å². The molecule has 0 spiro atoms. The van der Waals surface area contributed by atoms with Crippen molar-refractivity contribution >= 4 is 28.7 Å².